The smallest absolute Gasteiger partial charge is 0.414 e. The quantitative estimate of drug-likeness (QED) is 0.487. The Hall–Kier alpha value is -2.57. The van der Waals surface area contributed by atoms with E-state index in [-0.39, 0.29) is 12.0 Å². The van der Waals surface area contributed by atoms with Crippen LogP contribution in [0.25, 0.3) is 0 Å². The predicted octanol–water partition coefficient (Wildman–Crippen LogP) is 0.831. The Morgan fingerprint density at radius 2 is 2.10 bits per heavy atom. The van der Waals surface area contributed by atoms with Crippen molar-refractivity contribution in [1.29, 1.82) is 0 Å². The first-order valence-electron chi connectivity index (χ1n) is 6.58. The first-order chi connectivity index (χ1) is 10.0. The Kier molecular flexibility index (Phi) is 4.42. The van der Waals surface area contributed by atoms with Gasteiger partial charge in [-0.3, -0.25) is 9.69 Å². The third kappa shape index (κ3) is 3.50. The molecule has 1 atom stereocenters. The van der Waals surface area contributed by atoms with Crippen LogP contribution in [0, 0.1) is 0 Å². The van der Waals surface area contributed by atoms with Crippen molar-refractivity contribution in [2.45, 2.75) is 20.0 Å². The Morgan fingerprint density at radius 1 is 1.43 bits per heavy atom. The van der Waals surface area contributed by atoms with Crippen LogP contribution in [0.3, 0.4) is 0 Å². The van der Waals surface area contributed by atoms with Gasteiger partial charge in [-0.1, -0.05) is 12.1 Å². The molecular weight excluding hydrogens is 272 g/mol. The highest BCUT2D eigenvalue weighted by Crippen LogP contribution is 2.22. The number of ether oxygens (including phenoxy) is 1. The van der Waals surface area contributed by atoms with Crippen LogP contribution in [0.15, 0.2) is 29.4 Å². The normalized spacial score (nSPS) is 18.6. The minimum Gasteiger partial charge on any atom is -0.442 e. The SMILES string of the molecule is CC(=O)NCC1CN(c2ccc(/C(C)=N/N)cc2)C(=O)O1. The molecule has 21 heavy (non-hydrogen) atoms. The summed E-state index contributed by atoms with van der Waals surface area (Å²) in [5.41, 5.74) is 2.34. The van der Waals surface area contributed by atoms with Crippen molar-refractivity contribution >= 4 is 23.4 Å². The Bertz CT molecular complexity index is 568. The Labute approximate surface area is 122 Å². The standard InChI is InChI=1S/C14H18N4O3/c1-9(17-15)11-3-5-12(6-4-11)18-8-13(21-14(18)20)7-16-10(2)19/h3-6,13H,7-8,15H2,1-2H3,(H,16,19)/b17-9+. The van der Waals surface area contributed by atoms with Gasteiger partial charge in [-0.2, -0.15) is 5.10 Å². The fraction of sp³-hybridized carbons (Fsp3) is 0.357. The molecule has 2 amide bonds. The number of carbonyl (C=O) groups excluding carboxylic acids is 2. The van der Waals surface area contributed by atoms with Crippen LogP contribution in [0.2, 0.25) is 0 Å². The average Bonchev–Trinajstić information content (AvgIpc) is 2.85. The van der Waals surface area contributed by atoms with Gasteiger partial charge in [0, 0.05) is 12.6 Å². The van der Waals surface area contributed by atoms with Crippen molar-refractivity contribution < 1.29 is 14.3 Å². The van der Waals surface area contributed by atoms with E-state index in [0.29, 0.717) is 18.8 Å². The Balaban J connectivity index is 2.05. The number of nitrogens with one attached hydrogen (secondary N) is 1. The summed E-state index contributed by atoms with van der Waals surface area (Å²) in [6.07, 6.45) is -0.754. The maximum absolute atomic E-state index is 11.9. The molecule has 1 unspecified atom stereocenters. The molecule has 0 aromatic heterocycles. The summed E-state index contributed by atoms with van der Waals surface area (Å²) in [4.78, 5) is 24.3. The molecule has 1 aliphatic heterocycles. The minimum atomic E-state index is -0.415. The highest BCUT2D eigenvalue weighted by molar-refractivity contribution is 5.99. The largest absolute Gasteiger partial charge is 0.442 e. The number of carbonyl (C=O) groups is 2. The number of cyclic esters (lactones) is 1. The fourth-order valence-corrected chi connectivity index (χ4v) is 2.05. The maximum Gasteiger partial charge on any atom is 0.414 e. The number of nitrogens with two attached hydrogens (primary N) is 1. The van der Waals surface area contributed by atoms with Gasteiger partial charge >= 0.3 is 6.09 Å². The molecule has 0 spiro atoms. The van der Waals surface area contributed by atoms with E-state index in [9.17, 15) is 9.59 Å². The summed E-state index contributed by atoms with van der Waals surface area (Å²) in [5, 5.41) is 6.26. The molecule has 3 N–H and O–H groups in total. The van der Waals surface area contributed by atoms with E-state index in [2.05, 4.69) is 10.4 Å². The van der Waals surface area contributed by atoms with Gasteiger partial charge < -0.3 is 15.9 Å². The van der Waals surface area contributed by atoms with E-state index in [1.54, 1.807) is 0 Å². The van der Waals surface area contributed by atoms with Gasteiger partial charge in [0.1, 0.15) is 6.10 Å². The van der Waals surface area contributed by atoms with E-state index in [0.717, 1.165) is 11.3 Å². The van der Waals surface area contributed by atoms with Crippen molar-refractivity contribution in [2.24, 2.45) is 10.9 Å². The fourth-order valence-electron chi connectivity index (χ4n) is 2.05. The molecule has 1 aliphatic rings. The number of hydrazone groups is 1. The zero-order valence-electron chi connectivity index (χ0n) is 12.0. The average molecular weight is 290 g/mol. The van der Waals surface area contributed by atoms with E-state index in [4.69, 9.17) is 10.6 Å². The molecule has 7 heteroatoms. The van der Waals surface area contributed by atoms with Crippen LogP contribution in [0.4, 0.5) is 10.5 Å². The lowest BCUT2D eigenvalue weighted by Gasteiger charge is -2.13. The lowest BCUT2D eigenvalue weighted by molar-refractivity contribution is -0.119. The topological polar surface area (TPSA) is 97.0 Å². The number of amides is 2. The van der Waals surface area contributed by atoms with E-state index in [1.807, 2.05) is 31.2 Å². The first-order valence-corrected chi connectivity index (χ1v) is 6.58. The lowest BCUT2D eigenvalue weighted by Crippen LogP contribution is -2.33. The predicted molar refractivity (Wildman–Crippen MR) is 79.1 cm³/mol. The monoisotopic (exact) mass is 290 g/mol. The first kappa shape index (κ1) is 14.8. The molecule has 2 rings (SSSR count). The summed E-state index contributed by atoms with van der Waals surface area (Å²) in [7, 11) is 0. The number of rotatable bonds is 4. The third-order valence-electron chi connectivity index (χ3n) is 3.24. The number of nitrogens with zero attached hydrogens (tertiary/aromatic N) is 2. The number of hydrogen-bond acceptors (Lipinski definition) is 5. The zero-order chi connectivity index (χ0) is 15.4. The van der Waals surface area contributed by atoms with Gasteiger partial charge in [0.15, 0.2) is 0 Å². The molecule has 7 nitrogen and oxygen atoms in total. The van der Waals surface area contributed by atoms with Crippen molar-refractivity contribution in [3.05, 3.63) is 29.8 Å². The molecule has 1 fully saturated rings. The second-order valence-corrected chi connectivity index (χ2v) is 4.81. The second-order valence-electron chi connectivity index (χ2n) is 4.81. The summed E-state index contributed by atoms with van der Waals surface area (Å²) >= 11 is 0. The number of hydrogen-bond donors (Lipinski definition) is 2. The summed E-state index contributed by atoms with van der Waals surface area (Å²) < 4.78 is 5.21. The lowest BCUT2D eigenvalue weighted by atomic mass is 10.1. The van der Waals surface area contributed by atoms with Crippen LogP contribution < -0.4 is 16.1 Å². The van der Waals surface area contributed by atoms with E-state index in [1.165, 1.54) is 11.8 Å². The molecule has 112 valence electrons. The third-order valence-corrected chi connectivity index (χ3v) is 3.24. The number of benzene rings is 1. The van der Waals surface area contributed by atoms with Crippen LogP contribution in [0.1, 0.15) is 19.4 Å². The Morgan fingerprint density at radius 3 is 2.67 bits per heavy atom. The highest BCUT2D eigenvalue weighted by Gasteiger charge is 2.32. The van der Waals surface area contributed by atoms with Crippen LogP contribution in [-0.4, -0.2) is 36.9 Å². The van der Waals surface area contributed by atoms with Crippen molar-refractivity contribution in [3.8, 4) is 0 Å². The zero-order valence-corrected chi connectivity index (χ0v) is 12.0. The van der Waals surface area contributed by atoms with E-state index >= 15 is 0 Å². The molecule has 0 bridgehead atoms. The highest BCUT2D eigenvalue weighted by atomic mass is 16.6. The van der Waals surface area contributed by atoms with Crippen molar-refractivity contribution in [2.75, 3.05) is 18.0 Å². The molecule has 0 radical (unpaired) electrons. The summed E-state index contributed by atoms with van der Waals surface area (Å²) in [6, 6.07) is 7.31. The summed E-state index contributed by atoms with van der Waals surface area (Å²) in [5.74, 6) is 5.08. The molecule has 1 aromatic rings. The van der Waals surface area contributed by atoms with Crippen LogP contribution in [0.5, 0.6) is 0 Å². The van der Waals surface area contributed by atoms with Crippen molar-refractivity contribution in [3.63, 3.8) is 0 Å². The number of anilines is 1. The molecule has 0 aliphatic carbocycles. The van der Waals surface area contributed by atoms with E-state index < -0.39 is 6.09 Å². The van der Waals surface area contributed by atoms with Crippen molar-refractivity contribution in [1.82, 2.24) is 5.32 Å². The van der Waals surface area contributed by atoms with Crippen LogP contribution in [-0.2, 0) is 9.53 Å². The maximum atomic E-state index is 11.9. The van der Waals surface area contributed by atoms with Crippen LogP contribution >= 0.6 is 0 Å². The van der Waals surface area contributed by atoms with Gasteiger partial charge in [0.05, 0.1) is 18.8 Å². The van der Waals surface area contributed by atoms with Gasteiger partial charge in [0.2, 0.25) is 5.91 Å². The summed E-state index contributed by atoms with van der Waals surface area (Å²) in [6.45, 7) is 3.95. The molecule has 0 saturated carbocycles. The molecule has 1 heterocycles. The van der Waals surface area contributed by atoms with Gasteiger partial charge in [-0.15, -0.1) is 0 Å². The second kappa shape index (κ2) is 6.25. The minimum absolute atomic E-state index is 0.148. The van der Waals surface area contributed by atoms with Gasteiger partial charge in [0.25, 0.3) is 0 Å². The molecule has 1 aromatic carbocycles. The molecular formula is C14H18N4O3. The molecule has 1 saturated heterocycles. The van der Waals surface area contributed by atoms with Gasteiger partial charge in [-0.05, 0) is 24.6 Å². The van der Waals surface area contributed by atoms with Gasteiger partial charge in [-0.25, -0.2) is 4.79 Å².